The molecule has 4 atom stereocenters. The average Bonchev–Trinajstić information content (AvgIpc) is 3.87. The number of aromatic nitrogens is 3. The van der Waals surface area contributed by atoms with Crippen LogP contribution in [0.25, 0.3) is 33.4 Å². The van der Waals surface area contributed by atoms with Gasteiger partial charge in [-0.25, -0.2) is 19.6 Å². The quantitative estimate of drug-likeness (QED) is 0.164. The summed E-state index contributed by atoms with van der Waals surface area (Å²) >= 11 is 1.25. The number of nitrogens with zero attached hydrogens (tertiary/aromatic N) is 6. The SMILES string of the molecule is CCn1c(-c2cc(N3CCOCC3)cnc2[C@H](C)OC)c2c3cc(c(F)cc31)-c1csc(n1)C[C@H](NC(=O)[C@H](C(C)C)N(C)C(=O)OC(C)(C)C)C(=O)N1CCC[C@H](N1)C(=O)OCC(C)(C)C2. The van der Waals surface area contributed by atoms with Crippen molar-refractivity contribution in [1.82, 2.24) is 35.2 Å². The lowest BCUT2D eigenvalue weighted by Crippen LogP contribution is -2.62. The van der Waals surface area contributed by atoms with Gasteiger partial charge in [0.2, 0.25) is 5.91 Å². The van der Waals surface area contributed by atoms with Gasteiger partial charge in [-0.15, -0.1) is 11.3 Å². The van der Waals surface area contributed by atoms with Crippen molar-refractivity contribution >= 4 is 51.8 Å². The van der Waals surface area contributed by atoms with Crippen LogP contribution >= 0.6 is 11.3 Å². The van der Waals surface area contributed by atoms with Crippen molar-refractivity contribution < 1.29 is 42.5 Å². The number of thiazole rings is 1. The van der Waals surface area contributed by atoms with Gasteiger partial charge in [-0.3, -0.25) is 29.3 Å². The summed E-state index contributed by atoms with van der Waals surface area (Å²) in [6, 6.07) is 2.56. The molecule has 2 saturated heterocycles. The number of halogens is 1. The fraction of sp³-hybridized carbons (Fsp3) is 0.592. The van der Waals surface area contributed by atoms with Crippen LogP contribution in [0.3, 0.4) is 0 Å². The largest absolute Gasteiger partial charge is 0.464 e. The zero-order chi connectivity index (χ0) is 48.5. The van der Waals surface area contributed by atoms with Crippen molar-refractivity contribution in [2.45, 2.75) is 124 Å². The van der Waals surface area contributed by atoms with Gasteiger partial charge in [0, 0.05) is 74.1 Å². The van der Waals surface area contributed by atoms with E-state index in [0.717, 1.165) is 33.6 Å². The molecule has 0 radical (unpaired) electrons. The van der Waals surface area contributed by atoms with E-state index in [0.29, 0.717) is 68.3 Å². The highest BCUT2D eigenvalue weighted by molar-refractivity contribution is 7.10. The van der Waals surface area contributed by atoms with Crippen LogP contribution in [-0.2, 0) is 52.7 Å². The Kier molecular flexibility index (Phi) is 15.0. The van der Waals surface area contributed by atoms with E-state index in [1.807, 2.05) is 40.0 Å². The predicted octanol–water partition coefficient (Wildman–Crippen LogP) is 7.07. The van der Waals surface area contributed by atoms with E-state index in [9.17, 15) is 19.2 Å². The normalized spacial score (nSPS) is 20.3. The highest BCUT2D eigenvalue weighted by Gasteiger charge is 2.39. The number of rotatable bonds is 9. The molecule has 2 fully saturated rings. The molecular formula is C49H67FN8O8S. The number of hydrogen-bond acceptors (Lipinski definition) is 13. The number of likely N-dealkylation sites (N-methyl/N-ethyl adjacent to an activating group) is 1. The van der Waals surface area contributed by atoms with Crippen molar-refractivity contribution in [3.63, 3.8) is 0 Å². The van der Waals surface area contributed by atoms with Gasteiger partial charge in [-0.05, 0) is 83.6 Å². The Hall–Kier alpha value is -5.17. The molecule has 0 spiro atoms. The van der Waals surface area contributed by atoms with Crippen molar-refractivity contribution in [2.24, 2.45) is 11.3 Å². The van der Waals surface area contributed by atoms with E-state index in [1.54, 1.807) is 53.2 Å². The van der Waals surface area contributed by atoms with Gasteiger partial charge in [0.25, 0.3) is 5.91 Å². The minimum atomic E-state index is -1.18. The first-order chi connectivity index (χ1) is 31.7. The van der Waals surface area contributed by atoms with Gasteiger partial charge in [0.15, 0.2) is 0 Å². The molecule has 2 N–H and O–H groups in total. The number of morpholine rings is 1. The minimum absolute atomic E-state index is 0.0455. The fourth-order valence-electron chi connectivity index (χ4n) is 9.27. The lowest BCUT2D eigenvalue weighted by molar-refractivity contribution is -0.155. The Labute approximate surface area is 396 Å². The summed E-state index contributed by atoms with van der Waals surface area (Å²) in [6.07, 6.45) is 2.15. The molecule has 3 amide bonds. The van der Waals surface area contributed by atoms with Gasteiger partial charge in [0.05, 0.1) is 65.4 Å². The van der Waals surface area contributed by atoms with Crippen molar-refractivity contribution in [2.75, 3.05) is 58.5 Å². The van der Waals surface area contributed by atoms with E-state index in [4.69, 9.17) is 28.9 Å². The lowest BCUT2D eigenvalue weighted by atomic mass is 9.84. The molecule has 1 aromatic carbocycles. The zero-order valence-electron chi connectivity index (χ0n) is 40.8. The maximum atomic E-state index is 16.8. The van der Waals surface area contributed by atoms with Crippen molar-refractivity contribution in [3.05, 3.63) is 51.9 Å². The van der Waals surface area contributed by atoms with E-state index < -0.39 is 58.8 Å². The number of hydrazine groups is 1. The molecule has 7 rings (SSSR count). The number of carbonyl (C=O) groups excluding carboxylic acids is 4. The van der Waals surface area contributed by atoms with Crippen molar-refractivity contribution in [3.8, 4) is 22.5 Å². The molecule has 3 aromatic heterocycles. The second-order valence-electron chi connectivity index (χ2n) is 20.0. The first kappa shape index (κ1) is 49.7. The number of aryl methyl sites for hydroxylation is 1. The molecular weight excluding hydrogens is 880 g/mol. The molecule has 0 unspecified atom stereocenters. The Morgan fingerprint density at radius 3 is 2.51 bits per heavy atom. The summed E-state index contributed by atoms with van der Waals surface area (Å²) in [4.78, 5) is 69.4. The number of carbonyl (C=O) groups is 4. The van der Waals surface area contributed by atoms with Crippen LogP contribution in [0, 0.1) is 17.2 Å². The van der Waals surface area contributed by atoms with E-state index in [1.165, 1.54) is 28.3 Å². The first-order valence-electron chi connectivity index (χ1n) is 23.4. The molecule has 3 aliphatic heterocycles. The third-order valence-electron chi connectivity index (χ3n) is 12.7. The van der Waals surface area contributed by atoms with Crippen LogP contribution < -0.4 is 15.6 Å². The summed E-state index contributed by atoms with van der Waals surface area (Å²) in [7, 11) is 3.15. The second kappa shape index (κ2) is 20.2. The van der Waals surface area contributed by atoms with E-state index >= 15 is 4.39 Å². The Morgan fingerprint density at radius 2 is 1.84 bits per heavy atom. The Morgan fingerprint density at radius 1 is 1.10 bits per heavy atom. The number of amides is 3. The van der Waals surface area contributed by atoms with Gasteiger partial charge in [-0.2, -0.15) is 0 Å². The molecule has 4 aromatic rings. The molecule has 18 heteroatoms. The number of nitrogens with one attached hydrogen (secondary N) is 2. The molecule has 6 bridgehead atoms. The lowest BCUT2D eigenvalue weighted by Gasteiger charge is -2.36. The number of methoxy groups -OCH3 is 1. The molecule has 16 nitrogen and oxygen atoms in total. The average molecular weight is 947 g/mol. The number of anilines is 1. The zero-order valence-corrected chi connectivity index (χ0v) is 41.6. The Bertz CT molecular complexity index is 2480. The van der Waals surface area contributed by atoms with Gasteiger partial charge in [-0.1, -0.05) is 27.7 Å². The first-order valence-corrected chi connectivity index (χ1v) is 24.2. The van der Waals surface area contributed by atoms with Crippen molar-refractivity contribution in [1.29, 1.82) is 0 Å². The summed E-state index contributed by atoms with van der Waals surface area (Å²) in [5, 5.41) is 7.34. The van der Waals surface area contributed by atoms with E-state index in [2.05, 4.69) is 26.3 Å². The van der Waals surface area contributed by atoms with Crippen LogP contribution in [0.15, 0.2) is 29.8 Å². The topological polar surface area (TPSA) is 170 Å². The summed E-state index contributed by atoms with van der Waals surface area (Å²) in [5.74, 6) is -2.40. The highest BCUT2D eigenvalue weighted by Crippen LogP contribution is 2.44. The Balaban J connectivity index is 1.36. The molecule has 6 heterocycles. The monoisotopic (exact) mass is 946 g/mol. The van der Waals surface area contributed by atoms with Crippen LogP contribution in [0.5, 0.6) is 0 Å². The molecule has 0 aliphatic carbocycles. The standard InChI is InChI=1S/C49H67FN8O8S/c1-12-57-39-22-35(50)32-21-31(39)34(43(57)33-20-30(56-16-18-64-19-17-56)25-51-41(33)29(4)63-11)24-49(8,9)27-65-46(61)36-14-13-15-58(54-36)45(60)37(23-40-52-38(32)26-67-40)53-44(59)42(28(2)3)55(10)47(62)66-48(5,6)7/h20-22,25-26,28-29,36-37,42,54H,12-19,23-24,27H2,1-11H3,(H,53,59)/t29-,36-,37-,42-/m0/s1. The number of cyclic esters (lactones) is 1. The summed E-state index contributed by atoms with van der Waals surface area (Å²) in [5.41, 5.74) is 7.37. The number of ether oxygens (including phenoxy) is 4. The summed E-state index contributed by atoms with van der Waals surface area (Å²) in [6.45, 7) is 20.4. The predicted molar refractivity (Wildman–Crippen MR) is 255 cm³/mol. The van der Waals surface area contributed by atoms with Crippen LogP contribution in [0.4, 0.5) is 14.9 Å². The number of esters is 1. The third-order valence-corrected chi connectivity index (χ3v) is 13.5. The third kappa shape index (κ3) is 10.9. The number of benzene rings is 1. The maximum Gasteiger partial charge on any atom is 0.410 e. The molecule has 0 saturated carbocycles. The minimum Gasteiger partial charge on any atom is -0.464 e. The molecule has 3 aliphatic rings. The maximum absolute atomic E-state index is 16.8. The molecule has 364 valence electrons. The van der Waals surface area contributed by atoms with Crippen LogP contribution in [0.1, 0.15) is 97.5 Å². The number of pyridine rings is 1. The summed E-state index contributed by atoms with van der Waals surface area (Å²) < 4.78 is 42.3. The molecule has 67 heavy (non-hydrogen) atoms. The van der Waals surface area contributed by atoms with Crippen LogP contribution in [0.2, 0.25) is 0 Å². The van der Waals surface area contributed by atoms with E-state index in [-0.39, 0.29) is 37.2 Å². The van der Waals surface area contributed by atoms with Gasteiger partial charge >= 0.3 is 12.1 Å². The van der Waals surface area contributed by atoms with Crippen LogP contribution in [-0.4, -0.2) is 126 Å². The van der Waals surface area contributed by atoms with Gasteiger partial charge < -0.3 is 33.7 Å². The van der Waals surface area contributed by atoms with Gasteiger partial charge in [0.1, 0.15) is 29.5 Å². The fourth-order valence-corrected chi connectivity index (χ4v) is 10.1. The highest BCUT2D eigenvalue weighted by atomic mass is 32.1. The smallest absolute Gasteiger partial charge is 0.410 e. The second-order valence-corrected chi connectivity index (χ2v) is 20.9. The number of fused-ring (bicyclic) bond motifs is 6. The number of hydrogen-bond donors (Lipinski definition) is 2.